The van der Waals surface area contributed by atoms with Gasteiger partial charge in [-0.1, -0.05) is 66.2 Å². The number of nitrogens with zero attached hydrogens (tertiary/aromatic N) is 1. The maximum absolute atomic E-state index is 11.8. The molecule has 0 unspecified atom stereocenters. The van der Waals surface area contributed by atoms with E-state index >= 15 is 0 Å². The minimum atomic E-state index is -0.706. The first kappa shape index (κ1) is 20.4. The van der Waals surface area contributed by atoms with Gasteiger partial charge in [0.2, 0.25) is 0 Å². The van der Waals surface area contributed by atoms with Gasteiger partial charge >= 0.3 is 6.09 Å². The molecule has 0 spiro atoms. The SMILES string of the molecule is Cc1ccc(-c2cccc3c(CN/C(N)=N/C(=O)OC(C)(C)C)cccc23)cc1. The molecule has 150 valence electrons. The van der Waals surface area contributed by atoms with Gasteiger partial charge in [0, 0.05) is 6.54 Å². The van der Waals surface area contributed by atoms with Gasteiger partial charge in [-0.2, -0.15) is 0 Å². The number of hydrogen-bond acceptors (Lipinski definition) is 2. The smallest absolute Gasteiger partial charge is 0.437 e. The first-order valence-corrected chi connectivity index (χ1v) is 9.61. The van der Waals surface area contributed by atoms with Crippen molar-refractivity contribution in [1.82, 2.24) is 5.32 Å². The summed E-state index contributed by atoms with van der Waals surface area (Å²) in [4.78, 5) is 15.5. The van der Waals surface area contributed by atoms with Gasteiger partial charge in [-0.25, -0.2) is 4.79 Å². The Morgan fingerprint density at radius 1 is 1.00 bits per heavy atom. The number of carbonyl (C=O) groups excluding carboxylic acids is 1. The Labute approximate surface area is 171 Å². The summed E-state index contributed by atoms with van der Waals surface area (Å²) < 4.78 is 5.16. The van der Waals surface area contributed by atoms with E-state index in [1.165, 1.54) is 22.1 Å². The van der Waals surface area contributed by atoms with Crippen LogP contribution in [0.4, 0.5) is 4.79 Å². The summed E-state index contributed by atoms with van der Waals surface area (Å²) >= 11 is 0. The quantitative estimate of drug-likeness (QED) is 0.479. The Bertz CT molecular complexity index is 1050. The third-order valence-corrected chi connectivity index (χ3v) is 4.44. The minimum Gasteiger partial charge on any atom is -0.442 e. The summed E-state index contributed by atoms with van der Waals surface area (Å²) in [6, 6.07) is 21.0. The summed E-state index contributed by atoms with van der Waals surface area (Å²) in [5, 5.41) is 5.29. The van der Waals surface area contributed by atoms with Crippen molar-refractivity contribution < 1.29 is 9.53 Å². The molecule has 3 aromatic rings. The third kappa shape index (κ3) is 5.35. The molecule has 0 saturated carbocycles. The molecule has 0 bridgehead atoms. The van der Waals surface area contributed by atoms with E-state index in [1.807, 2.05) is 12.1 Å². The van der Waals surface area contributed by atoms with Gasteiger partial charge in [0.15, 0.2) is 5.96 Å². The number of carbonyl (C=O) groups is 1. The lowest BCUT2D eigenvalue weighted by atomic mass is 9.95. The second kappa shape index (κ2) is 8.35. The van der Waals surface area contributed by atoms with E-state index in [0.717, 1.165) is 10.9 Å². The number of benzene rings is 3. The number of hydrogen-bond donors (Lipinski definition) is 2. The largest absolute Gasteiger partial charge is 0.442 e. The number of nitrogens with two attached hydrogens (primary N) is 1. The highest BCUT2D eigenvalue weighted by Crippen LogP contribution is 2.30. The van der Waals surface area contributed by atoms with Gasteiger partial charge in [-0.05, 0) is 55.2 Å². The molecular formula is C24H27N3O2. The minimum absolute atomic E-state index is 0.0333. The van der Waals surface area contributed by atoms with Crippen molar-refractivity contribution in [2.24, 2.45) is 10.7 Å². The molecule has 3 rings (SSSR count). The summed E-state index contributed by atoms with van der Waals surface area (Å²) in [5.41, 5.74) is 9.91. The molecule has 0 saturated heterocycles. The molecule has 1 amide bonds. The van der Waals surface area contributed by atoms with Crippen molar-refractivity contribution in [3.63, 3.8) is 0 Å². The zero-order valence-corrected chi connectivity index (χ0v) is 17.3. The van der Waals surface area contributed by atoms with E-state index in [0.29, 0.717) is 6.54 Å². The Morgan fingerprint density at radius 3 is 2.34 bits per heavy atom. The predicted molar refractivity (Wildman–Crippen MR) is 119 cm³/mol. The molecule has 0 aliphatic heterocycles. The van der Waals surface area contributed by atoms with Crippen molar-refractivity contribution in [2.45, 2.75) is 39.8 Å². The molecule has 5 heteroatoms. The molecule has 0 radical (unpaired) electrons. The lowest BCUT2D eigenvalue weighted by Crippen LogP contribution is -2.33. The number of aliphatic imine (C=N–C) groups is 1. The monoisotopic (exact) mass is 389 g/mol. The van der Waals surface area contributed by atoms with Crippen LogP contribution in [0.1, 0.15) is 31.9 Å². The van der Waals surface area contributed by atoms with E-state index in [2.05, 4.69) is 65.8 Å². The third-order valence-electron chi connectivity index (χ3n) is 4.44. The normalized spacial score (nSPS) is 12.1. The number of rotatable bonds is 3. The highest BCUT2D eigenvalue weighted by atomic mass is 16.6. The van der Waals surface area contributed by atoms with Gasteiger partial charge in [0.25, 0.3) is 0 Å². The number of fused-ring (bicyclic) bond motifs is 1. The molecule has 0 aliphatic carbocycles. The number of ether oxygens (including phenoxy) is 1. The molecule has 0 aromatic heterocycles. The van der Waals surface area contributed by atoms with Crippen LogP contribution in [0.15, 0.2) is 65.7 Å². The number of nitrogens with one attached hydrogen (secondary N) is 1. The van der Waals surface area contributed by atoms with E-state index in [4.69, 9.17) is 10.5 Å². The highest BCUT2D eigenvalue weighted by molar-refractivity contribution is 5.98. The second-order valence-corrected chi connectivity index (χ2v) is 8.01. The first-order valence-electron chi connectivity index (χ1n) is 9.61. The molecule has 0 fully saturated rings. The van der Waals surface area contributed by atoms with Crippen LogP contribution in [0.5, 0.6) is 0 Å². The molecule has 0 aliphatic rings. The number of amides is 1. The maximum Gasteiger partial charge on any atom is 0.437 e. The molecule has 0 atom stereocenters. The van der Waals surface area contributed by atoms with Crippen molar-refractivity contribution in [1.29, 1.82) is 0 Å². The van der Waals surface area contributed by atoms with Crippen LogP contribution in [0.3, 0.4) is 0 Å². The summed E-state index contributed by atoms with van der Waals surface area (Å²) in [6.45, 7) is 7.88. The summed E-state index contributed by atoms with van der Waals surface area (Å²) in [7, 11) is 0. The molecular weight excluding hydrogens is 362 g/mol. The number of aryl methyl sites for hydroxylation is 1. The van der Waals surface area contributed by atoms with Crippen molar-refractivity contribution >= 4 is 22.8 Å². The van der Waals surface area contributed by atoms with Crippen LogP contribution in [-0.2, 0) is 11.3 Å². The van der Waals surface area contributed by atoms with Crippen molar-refractivity contribution in [3.8, 4) is 11.1 Å². The van der Waals surface area contributed by atoms with Crippen LogP contribution >= 0.6 is 0 Å². The second-order valence-electron chi connectivity index (χ2n) is 8.01. The predicted octanol–water partition coefficient (Wildman–Crippen LogP) is 5.15. The fourth-order valence-electron chi connectivity index (χ4n) is 3.12. The topological polar surface area (TPSA) is 76.7 Å². The summed E-state index contributed by atoms with van der Waals surface area (Å²) in [5.74, 6) is 0.0333. The van der Waals surface area contributed by atoms with Crippen molar-refractivity contribution in [2.75, 3.05) is 0 Å². The van der Waals surface area contributed by atoms with Gasteiger partial charge in [0.1, 0.15) is 5.60 Å². The molecule has 0 heterocycles. The summed E-state index contributed by atoms with van der Waals surface area (Å²) in [6.07, 6.45) is -0.706. The van der Waals surface area contributed by atoms with Crippen LogP contribution in [0.2, 0.25) is 0 Å². The standard InChI is InChI=1S/C24H27N3O2/c1-16-11-13-17(14-12-16)19-8-6-9-20-18(7-5-10-21(19)20)15-26-22(25)27-23(28)29-24(2,3)4/h5-14H,15H2,1-4H3,(H3,25,26,27,28). The lowest BCUT2D eigenvalue weighted by molar-refractivity contribution is 0.0603. The van der Waals surface area contributed by atoms with Gasteiger partial charge in [-0.15, -0.1) is 4.99 Å². The van der Waals surface area contributed by atoms with Gasteiger partial charge < -0.3 is 15.8 Å². The highest BCUT2D eigenvalue weighted by Gasteiger charge is 2.16. The number of guanidine groups is 1. The zero-order valence-electron chi connectivity index (χ0n) is 17.3. The maximum atomic E-state index is 11.8. The van der Waals surface area contributed by atoms with E-state index in [9.17, 15) is 4.79 Å². The lowest BCUT2D eigenvalue weighted by Gasteiger charge is -2.17. The fraction of sp³-hybridized carbons (Fsp3) is 0.250. The fourth-order valence-corrected chi connectivity index (χ4v) is 3.12. The Hall–Kier alpha value is -3.34. The van der Waals surface area contributed by atoms with E-state index in [1.54, 1.807) is 20.8 Å². The molecule has 29 heavy (non-hydrogen) atoms. The Morgan fingerprint density at radius 2 is 1.66 bits per heavy atom. The van der Waals surface area contributed by atoms with Gasteiger partial charge in [-0.3, -0.25) is 0 Å². The molecule has 3 aromatic carbocycles. The van der Waals surface area contributed by atoms with E-state index in [-0.39, 0.29) is 5.96 Å². The zero-order chi connectivity index (χ0) is 21.0. The average Bonchev–Trinajstić information content (AvgIpc) is 2.65. The van der Waals surface area contributed by atoms with Crippen molar-refractivity contribution in [3.05, 3.63) is 71.8 Å². The van der Waals surface area contributed by atoms with Crippen LogP contribution in [0.25, 0.3) is 21.9 Å². The van der Waals surface area contributed by atoms with Crippen LogP contribution < -0.4 is 11.1 Å². The Kier molecular flexibility index (Phi) is 5.87. The molecule has 5 nitrogen and oxygen atoms in total. The van der Waals surface area contributed by atoms with Crippen LogP contribution in [-0.4, -0.2) is 17.7 Å². The average molecular weight is 389 g/mol. The van der Waals surface area contributed by atoms with Crippen LogP contribution in [0, 0.1) is 6.92 Å². The van der Waals surface area contributed by atoms with E-state index < -0.39 is 11.7 Å². The Balaban J connectivity index is 1.83. The first-order chi connectivity index (χ1) is 13.7. The molecule has 3 N–H and O–H groups in total. The van der Waals surface area contributed by atoms with Gasteiger partial charge in [0.05, 0.1) is 0 Å².